The van der Waals surface area contributed by atoms with Crippen molar-refractivity contribution in [2.45, 2.75) is 40.7 Å². The number of nitrogens with zero attached hydrogens (tertiary/aromatic N) is 1. The van der Waals surface area contributed by atoms with Gasteiger partial charge in [-0.25, -0.2) is 0 Å². The van der Waals surface area contributed by atoms with E-state index in [1.807, 2.05) is 77.1 Å². The van der Waals surface area contributed by atoms with E-state index >= 15 is 0 Å². The average Bonchev–Trinajstić information content (AvgIpc) is 2.88. The molecule has 0 saturated carbocycles. The van der Waals surface area contributed by atoms with Gasteiger partial charge in [0.2, 0.25) is 0 Å². The molecular weight excluding hydrogens is 352 g/mol. The van der Waals surface area contributed by atoms with Gasteiger partial charge in [0.15, 0.2) is 0 Å². The van der Waals surface area contributed by atoms with Gasteiger partial charge < -0.3 is 10.1 Å². The number of aryl methyl sites for hydroxylation is 2. The summed E-state index contributed by atoms with van der Waals surface area (Å²) in [4.78, 5) is 27.5. The summed E-state index contributed by atoms with van der Waals surface area (Å²) < 4.78 is 5.54. The molecule has 1 aliphatic heterocycles. The lowest BCUT2D eigenvalue weighted by molar-refractivity contribution is -0.138. The quantitative estimate of drug-likeness (QED) is 0.762. The molecule has 0 spiro atoms. The van der Waals surface area contributed by atoms with Crippen molar-refractivity contribution < 1.29 is 14.3 Å². The number of carbonyl (C=O) groups excluding carboxylic acids is 2. The van der Waals surface area contributed by atoms with Crippen LogP contribution in [0.3, 0.4) is 0 Å². The molecule has 5 heteroatoms. The Bertz CT molecular complexity index is 960. The molecule has 0 aromatic heterocycles. The number of nitrogens with one attached hydrogen (secondary N) is 1. The largest absolute Gasteiger partial charge is 0.494 e. The Morgan fingerprint density at radius 2 is 1.75 bits per heavy atom. The number of ether oxygens (including phenoxy) is 1. The van der Waals surface area contributed by atoms with E-state index in [0.717, 1.165) is 16.7 Å². The fourth-order valence-corrected chi connectivity index (χ4v) is 3.27. The second-order valence-corrected chi connectivity index (χ2v) is 7.21. The zero-order valence-electron chi connectivity index (χ0n) is 17.0. The van der Waals surface area contributed by atoms with Crippen LogP contribution >= 0.6 is 0 Å². The Morgan fingerprint density at radius 1 is 1.00 bits per heavy atom. The molecule has 0 bridgehead atoms. The van der Waals surface area contributed by atoms with Crippen molar-refractivity contribution in [1.82, 2.24) is 4.90 Å². The highest BCUT2D eigenvalue weighted by Crippen LogP contribution is 2.33. The van der Waals surface area contributed by atoms with Crippen LogP contribution in [0.5, 0.6) is 5.75 Å². The van der Waals surface area contributed by atoms with E-state index in [4.69, 9.17) is 4.74 Å². The Labute approximate surface area is 166 Å². The second-order valence-electron chi connectivity index (χ2n) is 7.21. The third-order valence-electron chi connectivity index (χ3n) is 4.84. The molecule has 0 fully saturated rings. The van der Waals surface area contributed by atoms with Crippen LogP contribution in [0.2, 0.25) is 0 Å². The lowest BCUT2D eigenvalue weighted by atomic mass is 9.99. The number of carbonyl (C=O) groups is 2. The first-order valence-corrected chi connectivity index (χ1v) is 9.53. The molecule has 1 N–H and O–H groups in total. The van der Waals surface area contributed by atoms with Gasteiger partial charge in [0.05, 0.1) is 12.2 Å². The number of rotatable bonds is 6. The van der Waals surface area contributed by atoms with Gasteiger partial charge in [0.25, 0.3) is 11.8 Å². The minimum atomic E-state index is -0.310. The van der Waals surface area contributed by atoms with E-state index < -0.39 is 0 Å². The van der Waals surface area contributed by atoms with Gasteiger partial charge in [-0.1, -0.05) is 24.3 Å². The van der Waals surface area contributed by atoms with Crippen molar-refractivity contribution in [2.24, 2.45) is 0 Å². The maximum Gasteiger partial charge on any atom is 0.278 e. The van der Waals surface area contributed by atoms with Crippen LogP contribution in [0.25, 0.3) is 5.57 Å². The van der Waals surface area contributed by atoms with E-state index in [1.54, 1.807) is 0 Å². The summed E-state index contributed by atoms with van der Waals surface area (Å²) in [6.07, 6.45) is 0. The highest BCUT2D eigenvalue weighted by atomic mass is 16.5. The third-order valence-corrected chi connectivity index (χ3v) is 4.84. The van der Waals surface area contributed by atoms with Gasteiger partial charge in [-0.15, -0.1) is 0 Å². The van der Waals surface area contributed by atoms with Gasteiger partial charge in [0, 0.05) is 17.8 Å². The van der Waals surface area contributed by atoms with Gasteiger partial charge in [-0.2, -0.15) is 0 Å². The molecule has 1 aliphatic rings. The standard InChI is InChI=1S/C23H26N2O3/c1-6-28-19-9-7-8-18(13-19)24-21-20(17-11-10-15(4)16(5)12-17)22(26)25(14(2)3)23(21)27/h7-14,24H,6H2,1-5H3. The first-order chi connectivity index (χ1) is 13.3. The Balaban J connectivity index is 2.09. The molecule has 0 unspecified atom stereocenters. The Morgan fingerprint density at radius 3 is 2.39 bits per heavy atom. The zero-order chi connectivity index (χ0) is 20.4. The number of hydrogen-bond donors (Lipinski definition) is 1. The SMILES string of the molecule is CCOc1cccc(NC2=C(c3ccc(C)c(C)c3)C(=O)N(C(C)C)C2=O)c1. The molecular formula is C23H26N2O3. The Kier molecular flexibility index (Phi) is 5.54. The minimum Gasteiger partial charge on any atom is -0.494 e. The summed E-state index contributed by atoms with van der Waals surface area (Å²) in [7, 11) is 0. The molecule has 2 aromatic carbocycles. The van der Waals surface area contributed by atoms with Crippen LogP contribution in [0, 0.1) is 13.8 Å². The van der Waals surface area contributed by atoms with Gasteiger partial charge in [0.1, 0.15) is 11.4 Å². The topological polar surface area (TPSA) is 58.6 Å². The Hall–Kier alpha value is -3.08. The zero-order valence-corrected chi connectivity index (χ0v) is 17.0. The summed E-state index contributed by atoms with van der Waals surface area (Å²) in [6.45, 7) is 10.2. The van der Waals surface area contributed by atoms with Crippen LogP contribution in [-0.2, 0) is 9.59 Å². The predicted molar refractivity (Wildman–Crippen MR) is 111 cm³/mol. The predicted octanol–water partition coefficient (Wildman–Crippen LogP) is 4.30. The molecule has 0 radical (unpaired) electrons. The summed E-state index contributed by atoms with van der Waals surface area (Å²) in [5, 5.41) is 3.17. The van der Waals surface area contributed by atoms with Crippen molar-refractivity contribution in [3.63, 3.8) is 0 Å². The highest BCUT2D eigenvalue weighted by molar-refractivity contribution is 6.36. The second kappa shape index (κ2) is 7.89. The number of hydrogen-bond acceptors (Lipinski definition) is 4. The van der Waals surface area contributed by atoms with Crippen LogP contribution in [0.4, 0.5) is 5.69 Å². The van der Waals surface area contributed by atoms with Crippen LogP contribution in [0.15, 0.2) is 48.2 Å². The summed E-state index contributed by atoms with van der Waals surface area (Å²) >= 11 is 0. The lowest BCUT2D eigenvalue weighted by Crippen LogP contribution is -2.38. The molecule has 0 aliphatic carbocycles. The molecule has 0 saturated heterocycles. The molecule has 5 nitrogen and oxygen atoms in total. The molecule has 3 rings (SSSR count). The summed E-state index contributed by atoms with van der Waals surface area (Å²) in [5.41, 5.74) is 4.37. The first-order valence-electron chi connectivity index (χ1n) is 9.53. The number of benzene rings is 2. The maximum atomic E-state index is 13.1. The highest BCUT2D eigenvalue weighted by Gasteiger charge is 2.40. The smallest absolute Gasteiger partial charge is 0.278 e. The minimum absolute atomic E-state index is 0.226. The fourth-order valence-electron chi connectivity index (χ4n) is 3.27. The monoisotopic (exact) mass is 378 g/mol. The molecule has 28 heavy (non-hydrogen) atoms. The molecule has 146 valence electrons. The number of anilines is 1. The van der Waals surface area contributed by atoms with Crippen molar-refractivity contribution >= 4 is 23.1 Å². The van der Waals surface area contributed by atoms with Crippen molar-refractivity contribution in [3.8, 4) is 5.75 Å². The van der Waals surface area contributed by atoms with Crippen LogP contribution in [-0.4, -0.2) is 29.4 Å². The molecule has 1 heterocycles. The summed E-state index contributed by atoms with van der Waals surface area (Å²) in [6, 6.07) is 13.0. The van der Waals surface area contributed by atoms with Crippen molar-refractivity contribution in [2.75, 3.05) is 11.9 Å². The van der Waals surface area contributed by atoms with E-state index in [1.165, 1.54) is 4.90 Å². The van der Waals surface area contributed by atoms with E-state index in [9.17, 15) is 9.59 Å². The third kappa shape index (κ3) is 3.65. The normalized spacial score (nSPS) is 14.3. The maximum absolute atomic E-state index is 13.1. The van der Waals surface area contributed by atoms with E-state index in [2.05, 4.69) is 5.32 Å². The lowest BCUT2D eigenvalue weighted by Gasteiger charge is -2.19. The van der Waals surface area contributed by atoms with E-state index in [-0.39, 0.29) is 17.9 Å². The van der Waals surface area contributed by atoms with E-state index in [0.29, 0.717) is 29.3 Å². The van der Waals surface area contributed by atoms with Gasteiger partial charge >= 0.3 is 0 Å². The fraction of sp³-hybridized carbons (Fsp3) is 0.304. The van der Waals surface area contributed by atoms with Gasteiger partial charge in [-0.05, 0) is 63.4 Å². The molecule has 0 atom stereocenters. The number of amides is 2. The first kappa shape index (κ1) is 19.7. The van der Waals surface area contributed by atoms with Crippen molar-refractivity contribution in [3.05, 3.63) is 64.9 Å². The van der Waals surface area contributed by atoms with Crippen molar-refractivity contribution in [1.29, 1.82) is 0 Å². The molecule has 2 aromatic rings. The van der Waals surface area contributed by atoms with Crippen LogP contribution in [0.1, 0.15) is 37.5 Å². The number of imide groups is 1. The summed E-state index contributed by atoms with van der Waals surface area (Å²) in [5.74, 6) is 0.125. The van der Waals surface area contributed by atoms with Gasteiger partial charge in [-0.3, -0.25) is 14.5 Å². The van der Waals surface area contributed by atoms with Crippen LogP contribution < -0.4 is 10.1 Å². The molecule has 2 amide bonds. The average molecular weight is 378 g/mol.